The molecule has 2 fully saturated rings. The Balaban J connectivity index is 1.56. The molecule has 1 aromatic carbocycles. The van der Waals surface area contributed by atoms with Crippen LogP contribution in [-0.2, 0) is 11.3 Å². The quantitative estimate of drug-likeness (QED) is 0.859. The van der Waals surface area contributed by atoms with Crippen LogP contribution in [0, 0.1) is 0 Å². The molecule has 0 spiro atoms. The Bertz CT molecular complexity index is 459. The molecule has 1 saturated carbocycles. The van der Waals surface area contributed by atoms with Crippen molar-refractivity contribution in [1.29, 1.82) is 0 Å². The van der Waals surface area contributed by atoms with Crippen LogP contribution < -0.4 is 0 Å². The number of carboxylic acids is 1. The Morgan fingerprint density at radius 2 is 1.95 bits per heavy atom. The van der Waals surface area contributed by atoms with E-state index in [9.17, 15) is 4.79 Å². The Morgan fingerprint density at radius 3 is 2.60 bits per heavy atom. The summed E-state index contributed by atoms with van der Waals surface area (Å²) in [7, 11) is 0. The Kier molecular flexibility index (Phi) is 4.03. The fourth-order valence-electron chi connectivity index (χ4n) is 3.19. The molecule has 0 bridgehead atoms. The lowest BCUT2D eigenvalue weighted by atomic mass is 10.2. The average Bonchev–Trinajstić information content (AvgIpc) is 3.17. The van der Waals surface area contributed by atoms with Gasteiger partial charge in [0, 0.05) is 31.7 Å². The highest BCUT2D eigenvalue weighted by molar-refractivity contribution is 5.69. The third-order valence-corrected chi connectivity index (χ3v) is 4.30. The van der Waals surface area contributed by atoms with Crippen molar-refractivity contribution in [3.8, 4) is 0 Å². The van der Waals surface area contributed by atoms with Gasteiger partial charge < -0.3 is 5.11 Å². The summed E-state index contributed by atoms with van der Waals surface area (Å²) < 4.78 is 0. The molecular formula is C16H22N2O2. The van der Waals surface area contributed by atoms with Crippen LogP contribution in [0.4, 0.5) is 0 Å². The highest BCUT2D eigenvalue weighted by atomic mass is 16.4. The highest BCUT2D eigenvalue weighted by Crippen LogP contribution is 2.31. The van der Waals surface area contributed by atoms with Crippen LogP contribution >= 0.6 is 0 Å². The van der Waals surface area contributed by atoms with E-state index < -0.39 is 5.97 Å². The van der Waals surface area contributed by atoms with E-state index in [1.807, 2.05) is 6.07 Å². The summed E-state index contributed by atoms with van der Waals surface area (Å²) in [6, 6.07) is 11.4. The highest BCUT2D eigenvalue weighted by Gasteiger charge is 2.37. The van der Waals surface area contributed by atoms with E-state index >= 15 is 0 Å². The first kappa shape index (κ1) is 13.6. The zero-order valence-corrected chi connectivity index (χ0v) is 11.7. The van der Waals surface area contributed by atoms with Crippen LogP contribution in [0.15, 0.2) is 30.3 Å². The maximum absolute atomic E-state index is 11.0. The predicted octanol–water partition coefficient (Wildman–Crippen LogP) is 1.81. The number of nitrogens with zero attached hydrogens (tertiary/aromatic N) is 2. The fourth-order valence-corrected chi connectivity index (χ4v) is 3.19. The van der Waals surface area contributed by atoms with E-state index in [1.54, 1.807) is 0 Å². The number of carbonyl (C=O) groups is 1. The molecule has 1 aromatic rings. The van der Waals surface area contributed by atoms with Gasteiger partial charge in [0.15, 0.2) is 0 Å². The van der Waals surface area contributed by atoms with Gasteiger partial charge in [0.25, 0.3) is 0 Å². The van der Waals surface area contributed by atoms with Crippen LogP contribution in [0.2, 0.25) is 0 Å². The molecule has 108 valence electrons. The molecule has 0 amide bonds. The van der Waals surface area contributed by atoms with Crippen molar-refractivity contribution in [1.82, 2.24) is 9.80 Å². The second kappa shape index (κ2) is 5.94. The summed E-state index contributed by atoms with van der Waals surface area (Å²) >= 11 is 0. The second-order valence-corrected chi connectivity index (χ2v) is 5.96. The molecule has 1 N–H and O–H groups in total. The number of benzene rings is 1. The van der Waals surface area contributed by atoms with Crippen molar-refractivity contribution in [2.75, 3.05) is 19.6 Å². The molecule has 3 rings (SSSR count). The Hall–Kier alpha value is -1.39. The van der Waals surface area contributed by atoms with Crippen molar-refractivity contribution < 1.29 is 9.90 Å². The zero-order valence-electron chi connectivity index (χ0n) is 11.7. The van der Waals surface area contributed by atoms with Crippen molar-refractivity contribution in [3.05, 3.63) is 35.9 Å². The SMILES string of the molecule is O=C(O)CN(C1CC1)C1CCN(Cc2ccccc2)C1. The molecule has 4 heteroatoms. The van der Waals surface area contributed by atoms with Crippen LogP contribution in [0.25, 0.3) is 0 Å². The Labute approximate surface area is 120 Å². The normalized spacial score (nSPS) is 23.4. The van der Waals surface area contributed by atoms with E-state index in [0.29, 0.717) is 12.1 Å². The summed E-state index contributed by atoms with van der Waals surface area (Å²) in [5.41, 5.74) is 1.34. The molecule has 1 saturated heterocycles. The molecule has 1 aliphatic carbocycles. The molecule has 4 nitrogen and oxygen atoms in total. The van der Waals surface area contributed by atoms with Crippen LogP contribution in [0.3, 0.4) is 0 Å². The minimum Gasteiger partial charge on any atom is -0.480 e. The predicted molar refractivity (Wildman–Crippen MR) is 77.5 cm³/mol. The zero-order chi connectivity index (χ0) is 13.9. The lowest BCUT2D eigenvalue weighted by Gasteiger charge is -2.27. The van der Waals surface area contributed by atoms with Crippen LogP contribution in [0.5, 0.6) is 0 Å². The van der Waals surface area contributed by atoms with E-state index in [2.05, 4.69) is 34.1 Å². The summed E-state index contributed by atoms with van der Waals surface area (Å²) in [4.78, 5) is 15.7. The van der Waals surface area contributed by atoms with E-state index in [4.69, 9.17) is 5.11 Å². The van der Waals surface area contributed by atoms with Crippen LogP contribution in [0.1, 0.15) is 24.8 Å². The summed E-state index contributed by atoms with van der Waals surface area (Å²) in [6.45, 7) is 3.25. The number of hydrogen-bond donors (Lipinski definition) is 1. The van der Waals surface area contributed by atoms with Gasteiger partial charge in [-0.3, -0.25) is 14.6 Å². The van der Waals surface area contributed by atoms with Gasteiger partial charge in [-0.25, -0.2) is 0 Å². The van der Waals surface area contributed by atoms with Gasteiger partial charge in [0.2, 0.25) is 0 Å². The number of rotatable bonds is 6. The van der Waals surface area contributed by atoms with E-state index in [0.717, 1.165) is 26.1 Å². The molecular weight excluding hydrogens is 252 g/mol. The standard InChI is InChI=1S/C16H22N2O2/c19-16(20)12-18(14-6-7-14)15-8-9-17(11-15)10-13-4-2-1-3-5-13/h1-5,14-15H,6-12H2,(H,19,20). The minimum atomic E-state index is -0.696. The molecule has 0 aromatic heterocycles. The summed E-state index contributed by atoms with van der Waals surface area (Å²) in [5, 5.41) is 9.07. The summed E-state index contributed by atoms with van der Waals surface area (Å²) in [6.07, 6.45) is 3.43. The molecule has 20 heavy (non-hydrogen) atoms. The first-order valence-corrected chi connectivity index (χ1v) is 7.46. The van der Waals surface area contributed by atoms with E-state index in [-0.39, 0.29) is 6.54 Å². The van der Waals surface area contributed by atoms with Gasteiger partial charge in [0.1, 0.15) is 0 Å². The molecule has 2 aliphatic rings. The molecule has 1 heterocycles. The number of likely N-dealkylation sites (tertiary alicyclic amines) is 1. The number of hydrogen-bond acceptors (Lipinski definition) is 3. The van der Waals surface area contributed by atoms with Gasteiger partial charge in [-0.1, -0.05) is 30.3 Å². The number of aliphatic carboxylic acids is 1. The minimum absolute atomic E-state index is 0.203. The van der Waals surface area contributed by atoms with Gasteiger partial charge in [0.05, 0.1) is 6.54 Å². The topological polar surface area (TPSA) is 43.8 Å². The van der Waals surface area contributed by atoms with Crippen molar-refractivity contribution >= 4 is 5.97 Å². The number of carboxylic acid groups (broad SMARTS) is 1. The fraction of sp³-hybridized carbons (Fsp3) is 0.562. The third kappa shape index (κ3) is 3.38. The van der Waals surface area contributed by atoms with Gasteiger partial charge in [-0.05, 0) is 24.8 Å². The lowest BCUT2D eigenvalue weighted by molar-refractivity contribution is -0.139. The maximum atomic E-state index is 11.0. The molecule has 1 unspecified atom stereocenters. The molecule has 0 radical (unpaired) electrons. The van der Waals surface area contributed by atoms with Crippen LogP contribution in [-0.4, -0.2) is 52.6 Å². The average molecular weight is 274 g/mol. The maximum Gasteiger partial charge on any atom is 0.317 e. The smallest absolute Gasteiger partial charge is 0.317 e. The largest absolute Gasteiger partial charge is 0.480 e. The molecule has 1 aliphatic heterocycles. The molecule has 1 atom stereocenters. The monoisotopic (exact) mass is 274 g/mol. The first-order chi connectivity index (χ1) is 9.72. The van der Waals surface area contributed by atoms with Crippen molar-refractivity contribution in [2.45, 2.75) is 37.9 Å². The van der Waals surface area contributed by atoms with Crippen molar-refractivity contribution in [2.24, 2.45) is 0 Å². The lowest BCUT2D eigenvalue weighted by Crippen LogP contribution is -2.42. The van der Waals surface area contributed by atoms with Gasteiger partial charge in [-0.15, -0.1) is 0 Å². The van der Waals surface area contributed by atoms with Gasteiger partial charge >= 0.3 is 5.97 Å². The second-order valence-electron chi connectivity index (χ2n) is 5.96. The van der Waals surface area contributed by atoms with Gasteiger partial charge in [-0.2, -0.15) is 0 Å². The van der Waals surface area contributed by atoms with E-state index in [1.165, 1.54) is 18.4 Å². The van der Waals surface area contributed by atoms with Crippen molar-refractivity contribution in [3.63, 3.8) is 0 Å². The summed E-state index contributed by atoms with van der Waals surface area (Å²) in [5.74, 6) is -0.696. The Morgan fingerprint density at radius 1 is 1.20 bits per heavy atom. The first-order valence-electron chi connectivity index (χ1n) is 7.46. The third-order valence-electron chi connectivity index (χ3n) is 4.30.